The van der Waals surface area contributed by atoms with Crippen molar-refractivity contribution in [3.05, 3.63) is 12.2 Å². The summed E-state index contributed by atoms with van der Waals surface area (Å²) in [4.78, 5) is -9.22. The Kier molecular flexibility index (Phi) is 2.83. The van der Waals surface area contributed by atoms with E-state index >= 15 is 0 Å². The second-order valence-electron chi connectivity index (χ2n) is 4.25. The van der Waals surface area contributed by atoms with Gasteiger partial charge in [0.2, 0.25) is 0 Å². The number of hydrogen-bond donors (Lipinski definition) is 2. The molecule has 4 atom stereocenters. The van der Waals surface area contributed by atoms with Gasteiger partial charge in [0.05, 0.1) is 13.2 Å². The quantitative estimate of drug-likeness (QED) is 0.602. The molecule has 0 heterocycles. The third-order valence-corrected chi connectivity index (χ3v) is 6.82. The van der Waals surface area contributed by atoms with Crippen LogP contribution in [0.3, 0.4) is 0 Å². The summed E-state index contributed by atoms with van der Waals surface area (Å²) in [6, 6.07) is 0. The number of aliphatic hydroxyl groups is 2. The minimum absolute atomic E-state index is 0.932. The predicted octanol–water partition coefficient (Wildman–Crippen LogP) is 2.10. The molecule has 2 rings (SSSR count). The van der Waals surface area contributed by atoms with E-state index in [2.05, 4.69) is 0 Å². The summed E-state index contributed by atoms with van der Waals surface area (Å²) >= 11 is 23.6. The zero-order valence-electron chi connectivity index (χ0n) is 8.23. The lowest BCUT2D eigenvalue weighted by Gasteiger charge is -2.44. The van der Waals surface area contributed by atoms with Gasteiger partial charge in [-0.15, -0.1) is 46.4 Å². The molecule has 4 unspecified atom stereocenters. The first kappa shape index (κ1) is 14.1. The highest BCUT2D eigenvalue weighted by Crippen LogP contribution is 2.74. The van der Waals surface area contributed by atoms with Crippen LogP contribution in [0, 0.1) is 0 Å². The highest BCUT2D eigenvalue weighted by Gasteiger charge is 2.91. The maximum absolute atomic E-state index is 14.2. The molecule has 0 saturated heterocycles. The molecule has 0 amide bonds. The molecular weight excluding hydrogens is 320 g/mol. The summed E-state index contributed by atoms with van der Waals surface area (Å²) in [5, 5.41) is 18.6. The molecule has 2 N–H and O–H groups in total. The van der Waals surface area contributed by atoms with Crippen molar-refractivity contribution in [2.45, 2.75) is 25.4 Å². The van der Waals surface area contributed by atoms with Crippen molar-refractivity contribution in [2.24, 2.45) is 0 Å². The zero-order valence-corrected chi connectivity index (χ0v) is 11.3. The second-order valence-corrected chi connectivity index (χ2v) is 6.73. The highest BCUT2D eigenvalue weighted by molar-refractivity contribution is 6.49. The SMILES string of the molecule is OCC1(Cl)C2(Cl)C=CC(Cl)(C2(F)F)C1(Cl)CO. The lowest BCUT2D eigenvalue weighted by molar-refractivity contribution is -0.0246. The van der Waals surface area contributed by atoms with E-state index in [1.807, 2.05) is 0 Å². The first-order chi connectivity index (χ1) is 7.58. The molecule has 2 aliphatic rings. The normalized spacial score (nSPS) is 55.5. The van der Waals surface area contributed by atoms with Crippen LogP contribution in [0.1, 0.15) is 0 Å². The van der Waals surface area contributed by atoms with Gasteiger partial charge in [-0.2, -0.15) is 0 Å². The molecule has 2 nitrogen and oxygen atoms in total. The van der Waals surface area contributed by atoms with Gasteiger partial charge >= 0.3 is 0 Å². The van der Waals surface area contributed by atoms with E-state index in [0.717, 1.165) is 12.2 Å². The Morgan fingerprint density at radius 3 is 1.35 bits per heavy atom. The van der Waals surface area contributed by atoms with Crippen LogP contribution in [0.4, 0.5) is 8.78 Å². The van der Waals surface area contributed by atoms with Crippen LogP contribution in [0.2, 0.25) is 0 Å². The van der Waals surface area contributed by atoms with Gasteiger partial charge in [-0.25, -0.2) is 8.78 Å². The van der Waals surface area contributed by atoms with Crippen LogP contribution in [-0.4, -0.2) is 48.8 Å². The number of aliphatic hydroxyl groups excluding tert-OH is 2. The van der Waals surface area contributed by atoms with Gasteiger partial charge in [-0.05, 0) is 0 Å². The summed E-state index contributed by atoms with van der Waals surface area (Å²) in [5.41, 5.74) is 0. The van der Waals surface area contributed by atoms with Crippen LogP contribution in [-0.2, 0) is 0 Å². The van der Waals surface area contributed by atoms with Gasteiger partial charge in [-0.3, -0.25) is 0 Å². The molecule has 0 aromatic heterocycles. The number of alkyl halides is 6. The lowest BCUT2D eigenvalue weighted by atomic mass is 9.81. The number of hydrogen-bond acceptors (Lipinski definition) is 2. The predicted molar refractivity (Wildman–Crippen MR) is 62.6 cm³/mol. The van der Waals surface area contributed by atoms with E-state index in [-0.39, 0.29) is 0 Å². The average Bonchev–Trinajstić information content (AvgIpc) is 2.52. The first-order valence-corrected chi connectivity index (χ1v) is 6.15. The van der Waals surface area contributed by atoms with Crippen LogP contribution >= 0.6 is 46.4 Å². The van der Waals surface area contributed by atoms with Crippen LogP contribution in [0.5, 0.6) is 0 Å². The maximum atomic E-state index is 14.2. The van der Waals surface area contributed by atoms with Crippen molar-refractivity contribution in [3.8, 4) is 0 Å². The van der Waals surface area contributed by atoms with Crippen molar-refractivity contribution in [1.82, 2.24) is 0 Å². The van der Waals surface area contributed by atoms with E-state index in [4.69, 9.17) is 46.4 Å². The molecule has 0 aromatic carbocycles. The summed E-state index contributed by atoms with van der Waals surface area (Å²) in [6.45, 7) is -1.90. The molecule has 98 valence electrons. The van der Waals surface area contributed by atoms with Gasteiger partial charge in [0, 0.05) is 0 Å². The van der Waals surface area contributed by atoms with Gasteiger partial charge in [0.15, 0.2) is 9.75 Å². The number of fused-ring (bicyclic) bond motifs is 2. The Balaban J connectivity index is 2.78. The molecule has 17 heavy (non-hydrogen) atoms. The van der Waals surface area contributed by atoms with E-state index < -0.39 is 38.6 Å². The summed E-state index contributed by atoms with van der Waals surface area (Å²) in [6.07, 6.45) is 1.86. The topological polar surface area (TPSA) is 40.5 Å². The maximum Gasteiger partial charge on any atom is 0.296 e. The third-order valence-electron chi connectivity index (χ3n) is 3.67. The summed E-state index contributed by atoms with van der Waals surface area (Å²) in [5.74, 6) is -3.70. The number of allylic oxidation sites excluding steroid dienone is 2. The Morgan fingerprint density at radius 1 is 0.824 bits per heavy atom. The highest BCUT2D eigenvalue weighted by atomic mass is 35.5. The third kappa shape index (κ3) is 1.04. The fourth-order valence-corrected chi connectivity index (χ4v) is 4.32. The Morgan fingerprint density at radius 2 is 1.12 bits per heavy atom. The minimum Gasteiger partial charge on any atom is -0.394 e. The molecule has 2 aliphatic carbocycles. The molecule has 1 saturated carbocycles. The van der Waals surface area contributed by atoms with Crippen LogP contribution < -0.4 is 0 Å². The Labute approximate surface area is 116 Å². The molecule has 1 fully saturated rings. The Bertz CT molecular complexity index is 372. The molecule has 0 radical (unpaired) electrons. The first-order valence-electron chi connectivity index (χ1n) is 4.63. The monoisotopic (exact) mass is 326 g/mol. The molecule has 2 bridgehead atoms. The second kappa shape index (κ2) is 3.41. The van der Waals surface area contributed by atoms with Gasteiger partial charge < -0.3 is 10.2 Å². The smallest absolute Gasteiger partial charge is 0.296 e. The van der Waals surface area contributed by atoms with Gasteiger partial charge in [0.25, 0.3) is 5.92 Å². The molecule has 0 aromatic rings. The Hall–Kier alpha value is 0.680. The van der Waals surface area contributed by atoms with Gasteiger partial charge in [-0.1, -0.05) is 12.2 Å². The van der Waals surface area contributed by atoms with Crippen molar-refractivity contribution < 1.29 is 19.0 Å². The fourth-order valence-electron chi connectivity index (χ4n) is 2.52. The lowest BCUT2D eigenvalue weighted by Crippen LogP contribution is -2.62. The van der Waals surface area contributed by atoms with E-state index in [1.54, 1.807) is 0 Å². The van der Waals surface area contributed by atoms with Crippen molar-refractivity contribution in [3.63, 3.8) is 0 Å². The molecule has 8 heteroatoms. The average molecular weight is 328 g/mol. The molecule has 0 aliphatic heterocycles. The minimum atomic E-state index is -3.70. The zero-order chi connectivity index (χ0) is 13.3. The van der Waals surface area contributed by atoms with Crippen molar-refractivity contribution >= 4 is 46.4 Å². The standard InChI is InChI=1S/C9H8Cl4F2O2/c10-5-1-2-6(11,9(5,14)15)8(13,4-17)7(5,12)3-16/h1-2,16-17H,3-4H2. The van der Waals surface area contributed by atoms with Crippen LogP contribution in [0.15, 0.2) is 12.2 Å². The molecular formula is C9H8Cl4F2O2. The summed E-state index contributed by atoms with van der Waals surface area (Å²) in [7, 11) is 0. The van der Waals surface area contributed by atoms with Crippen molar-refractivity contribution in [2.75, 3.05) is 13.2 Å². The van der Waals surface area contributed by atoms with E-state index in [9.17, 15) is 19.0 Å². The molecule has 0 spiro atoms. The van der Waals surface area contributed by atoms with Gasteiger partial charge in [0.1, 0.15) is 9.75 Å². The summed E-state index contributed by atoms with van der Waals surface area (Å²) < 4.78 is 28.4. The number of rotatable bonds is 2. The fraction of sp³-hybridized carbons (Fsp3) is 0.778. The van der Waals surface area contributed by atoms with Crippen molar-refractivity contribution in [1.29, 1.82) is 0 Å². The van der Waals surface area contributed by atoms with E-state index in [0.29, 0.717) is 0 Å². The van der Waals surface area contributed by atoms with E-state index in [1.165, 1.54) is 0 Å². The number of halogens is 6. The largest absolute Gasteiger partial charge is 0.394 e. The van der Waals surface area contributed by atoms with Crippen LogP contribution in [0.25, 0.3) is 0 Å².